The number of nitrogens with two attached hydrogens (primary N) is 1. The van der Waals surface area contributed by atoms with Gasteiger partial charge in [-0.1, -0.05) is 13.8 Å². The van der Waals surface area contributed by atoms with E-state index in [1.807, 2.05) is 6.92 Å². The van der Waals surface area contributed by atoms with Crippen molar-refractivity contribution in [2.75, 3.05) is 6.61 Å². The van der Waals surface area contributed by atoms with E-state index in [0.29, 0.717) is 13.0 Å². The highest BCUT2D eigenvalue weighted by Crippen LogP contribution is 2.34. The van der Waals surface area contributed by atoms with Gasteiger partial charge in [0.1, 0.15) is 0 Å². The third-order valence-electron chi connectivity index (χ3n) is 2.94. The Bertz CT molecular complexity index is 398. The molecule has 0 saturated carbocycles. The van der Waals surface area contributed by atoms with Crippen LogP contribution in [0.25, 0.3) is 0 Å². The van der Waals surface area contributed by atoms with E-state index in [1.54, 1.807) is 11.3 Å². The zero-order chi connectivity index (χ0) is 13.8. The maximum Gasteiger partial charge on any atom is 0.306 e. The van der Waals surface area contributed by atoms with Crippen molar-refractivity contribution in [3.05, 3.63) is 21.9 Å². The van der Waals surface area contributed by atoms with Gasteiger partial charge < -0.3 is 10.5 Å². The molecule has 0 fully saturated rings. The van der Waals surface area contributed by atoms with E-state index in [4.69, 9.17) is 10.5 Å². The average molecular weight is 269 g/mol. The van der Waals surface area contributed by atoms with Gasteiger partial charge in [0.25, 0.3) is 0 Å². The molecule has 0 aliphatic carbocycles. The summed E-state index contributed by atoms with van der Waals surface area (Å²) in [7, 11) is 0. The Morgan fingerprint density at radius 3 is 2.72 bits per heavy atom. The first-order valence-electron chi connectivity index (χ1n) is 6.31. The average Bonchev–Trinajstić information content (AvgIpc) is 2.62. The topological polar surface area (TPSA) is 52.3 Å². The zero-order valence-electron chi connectivity index (χ0n) is 11.7. The zero-order valence-corrected chi connectivity index (χ0v) is 12.5. The van der Waals surface area contributed by atoms with E-state index in [-0.39, 0.29) is 17.4 Å². The molecular formula is C14H23NO2S. The summed E-state index contributed by atoms with van der Waals surface area (Å²) in [6.07, 6.45) is 1.20. The Balaban J connectivity index is 2.60. The van der Waals surface area contributed by atoms with E-state index in [1.165, 1.54) is 10.4 Å². The second kappa shape index (κ2) is 6.34. The molecular weight excluding hydrogens is 246 g/mol. The summed E-state index contributed by atoms with van der Waals surface area (Å²) in [6, 6.07) is 2.08. The molecule has 3 nitrogen and oxygen atoms in total. The number of carbonyl (C=O) groups is 1. The van der Waals surface area contributed by atoms with Crippen molar-refractivity contribution >= 4 is 17.3 Å². The van der Waals surface area contributed by atoms with Gasteiger partial charge in [0, 0.05) is 10.9 Å². The molecule has 4 heteroatoms. The van der Waals surface area contributed by atoms with Gasteiger partial charge in [0.15, 0.2) is 0 Å². The fraction of sp³-hybridized carbons (Fsp3) is 0.643. The van der Waals surface area contributed by atoms with Crippen LogP contribution in [0, 0.1) is 12.3 Å². The fourth-order valence-electron chi connectivity index (χ4n) is 2.13. The fourth-order valence-corrected chi connectivity index (χ4v) is 3.06. The lowest BCUT2D eigenvalue weighted by molar-refractivity contribution is -0.145. The summed E-state index contributed by atoms with van der Waals surface area (Å²) in [4.78, 5) is 12.7. The third kappa shape index (κ3) is 4.42. The first-order chi connectivity index (χ1) is 8.35. The smallest absolute Gasteiger partial charge is 0.306 e. The molecule has 1 aromatic rings. The summed E-state index contributed by atoms with van der Waals surface area (Å²) in [5.41, 5.74) is 7.33. The van der Waals surface area contributed by atoms with Crippen LogP contribution in [-0.2, 0) is 9.53 Å². The number of thiophene rings is 1. The van der Waals surface area contributed by atoms with Crippen LogP contribution in [0.4, 0.5) is 0 Å². The molecule has 18 heavy (non-hydrogen) atoms. The first-order valence-corrected chi connectivity index (χ1v) is 7.19. The lowest BCUT2D eigenvalue weighted by Crippen LogP contribution is -2.24. The van der Waals surface area contributed by atoms with Gasteiger partial charge in [-0.15, -0.1) is 11.3 Å². The Morgan fingerprint density at radius 1 is 1.56 bits per heavy atom. The monoisotopic (exact) mass is 269 g/mol. The van der Waals surface area contributed by atoms with Crippen LogP contribution in [0.3, 0.4) is 0 Å². The highest BCUT2D eigenvalue weighted by molar-refractivity contribution is 7.10. The summed E-state index contributed by atoms with van der Waals surface area (Å²) in [5, 5.41) is 2.06. The van der Waals surface area contributed by atoms with Crippen molar-refractivity contribution in [3.8, 4) is 0 Å². The lowest BCUT2D eigenvalue weighted by Gasteiger charge is -2.26. The van der Waals surface area contributed by atoms with Crippen LogP contribution in [0.1, 0.15) is 50.1 Å². The van der Waals surface area contributed by atoms with Crippen LogP contribution < -0.4 is 5.73 Å². The van der Waals surface area contributed by atoms with Crippen LogP contribution in [0.5, 0.6) is 0 Å². The highest BCUT2D eigenvalue weighted by Gasteiger charge is 2.27. The molecule has 0 aliphatic rings. The largest absolute Gasteiger partial charge is 0.466 e. The van der Waals surface area contributed by atoms with Crippen LogP contribution in [0.15, 0.2) is 11.4 Å². The second-order valence-electron chi connectivity index (χ2n) is 5.42. The van der Waals surface area contributed by atoms with Gasteiger partial charge in [-0.3, -0.25) is 4.79 Å². The third-order valence-corrected chi connectivity index (χ3v) is 4.09. The van der Waals surface area contributed by atoms with Crippen LogP contribution in [-0.4, -0.2) is 12.6 Å². The Hall–Kier alpha value is -0.870. The van der Waals surface area contributed by atoms with Crippen molar-refractivity contribution in [2.45, 2.75) is 46.6 Å². The molecule has 0 aromatic carbocycles. The number of esters is 1. The van der Waals surface area contributed by atoms with Crippen molar-refractivity contribution in [1.82, 2.24) is 0 Å². The maximum atomic E-state index is 11.5. The van der Waals surface area contributed by atoms with Gasteiger partial charge in [-0.05, 0) is 42.7 Å². The van der Waals surface area contributed by atoms with Crippen molar-refractivity contribution in [1.29, 1.82) is 0 Å². The van der Waals surface area contributed by atoms with Gasteiger partial charge in [0.05, 0.1) is 13.0 Å². The summed E-state index contributed by atoms with van der Waals surface area (Å²) in [5.74, 6) is -0.141. The second-order valence-corrected chi connectivity index (χ2v) is 6.37. The highest BCUT2D eigenvalue weighted by atomic mass is 32.1. The normalized spacial score (nSPS) is 13.4. The predicted molar refractivity (Wildman–Crippen MR) is 75.6 cm³/mol. The van der Waals surface area contributed by atoms with Gasteiger partial charge in [-0.25, -0.2) is 0 Å². The Labute approximate surface area is 113 Å². The van der Waals surface area contributed by atoms with E-state index in [0.717, 1.165) is 6.42 Å². The molecule has 0 aliphatic heterocycles. The van der Waals surface area contributed by atoms with E-state index >= 15 is 0 Å². The Kier molecular flexibility index (Phi) is 5.35. The molecule has 2 N–H and O–H groups in total. The summed E-state index contributed by atoms with van der Waals surface area (Å²) in [6.45, 7) is 8.46. The van der Waals surface area contributed by atoms with Crippen molar-refractivity contribution in [2.24, 2.45) is 11.1 Å². The molecule has 1 heterocycles. The minimum Gasteiger partial charge on any atom is -0.466 e. The molecule has 0 spiro atoms. The molecule has 1 atom stereocenters. The first kappa shape index (κ1) is 15.2. The molecule has 102 valence electrons. The van der Waals surface area contributed by atoms with Crippen molar-refractivity contribution in [3.63, 3.8) is 0 Å². The number of aryl methyl sites for hydroxylation is 1. The van der Waals surface area contributed by atoms with Gasteiger partial charge in [-0.2, -0.15) is 0 Å². The lowest BCUT2D eigenvalue weighted by atomic mass is 9.82. The SMILES string of the molecule is CCOC(=O)CC(C)(C)CC(N)c1sccc1C. The summed E-state index contributed by atoms with van der Waals surface area (Å²) >= 11 is 1.69. The van der Waals surface area contributed by atoms with E-state index < -0.39 is 0 Å². The molecule has 0 bridgehead atoms. The number of carbonyl (C=O) groups excluding carboxylic acids is 1. The minimum absolute atomic E-state index is 0.00516. The minimum atomic E-state index is -0.141. The van der Waals surface area contributed by atoms with Crippen LogP contribution in [0.2, 0.25) is 0 Å². The maximum absolute atomic E-state index is 11.5. The predicted octanol–water partition coefficient (Wildman–Crippen LogP) is 3.43. The van der Waals surface area contributed by atoms with E-state index in [2.05, 4.69) is 32.2 Å². The molecule has 1 aromatic heterocycles. The van der Waals surface area contributed by atoms with Gasteiger partial charge >= 0.3 is 5.97 Å². The standard InChI is InChI=1S/C14H23NO2S/c1-5-17-12(16)9-14(3,4)8-11(15)13-10(2)6-7-18-13/h6-7,11H,5,8-9,15H2,1-4H3. The van der Waals surface area contributed by atoms with Gasteiger partial charge in [0.2, 0.25) is 0 Å². The van der Waals surface area contributed by atoms with Crippen LogP contribution >= 0.6 is 11.3 Å². The molecule has 1 unspecified atom stereocenters. The number of hydrogen-bond acceptors (Lipinski definition) is 4. The molecule has 0 saturated heterocycles. The van der Waals surface area contributed by atoms with E-state index in [9.17, 15) is 4.79 Å². The number of rotatable bonds is 6. The number of ether oxygens (including phenoxy) is 1. The summed E-state index contributed by atoms with van der Waals surface area (Å²) < 4.78 is 5.00. The number of hydrogen-bond donors (Lipinski definition) is 1. The quantitative estimate of drug-likeness (QED) is 0.805. The molecule has 1 rings (SSSR count). The Morgan fingerprint density at radius 2 is 2.22 bits per heavy atom. The molecule has 0 amide bonds. The van der Waals surface area contributed by atoms with Crippen molar-refractivity contribution < 1.29 is 9.53 Å². The molecule has 0 radical (unpaired) electrons.